The first-order chi connectivity index (χ1) is 12.1. The second-order valence-corrected chi connectivity index (χ2v) is 5.97. The maximum atomic E-state index is 12.6. The Morgan fingerprint density at radius 3 is 2.60 bits per heavy atom. The number of carbonyl (C=O) groups is 1. The van der Waals surface area contributed by atoms with Gasteiger partial charge in [-0.1, -0.05) is 44.2 Å². The van der Waals surface area contributed by atoms with Gasteiger partial charge in [-0.25, -0.2) is 0 Å². The van der Waals surface area contributed by atoms with Crippen molar-refractivity contribution in [1.82, 2.24) is 19.6 Å². The lowest BCUT2D eigenvalue weighted by Gasteiger charge is -2.06. The second-order valence-electron chi connectivity index (χ2n) is 5.97. The lowest BCUT2D eigenvalue weighted by atomic mass is 10.1. The third kappa shape index (κ3) is 3.63. The van der Waals surface area contributed by atoms with Crippen molar-refractivity contribution in [3.63, 3.8) is 0 Å². The molecule has 3 aromatic rings. The number of hydrogen-bond donors (Lipinski definition) is 1. The molecule has 3 rings (SSSR count). The van der Waals surface area contributed by atoms with Crippen LogP contribution in [0.3, 0.4) is 0 Å². The summed E-state index contributed by atoms with van der Waals surface area (Å²) in [5.74, 6) is 0.597. The SMILES string of the molecule is CCc1nn(C)c(NC(=O)c2cnn(Cc3ccccc3)c2)c1CC. The minimum Gasteiger partial charge on any atom is -0.306 e. The van der Waals surface area contributed by atoms with Crippen LogP contribution in [0, 0.1) is 0 Å². The lowest BCUT2D eigenvalue weighted by molar-refractivity contribution is 0.102. The summed E-state index contributed by atoms with van der Waals surface area (Å²) in [5, 5.41) is 11.8. The first-order valence-corrected chi connectivity index (χ1v) is 8.54. The molecule has 0 saturated carbocycles. The van der Waals surface area contributed by atoms with Crippen molar-refractivity contribution >= 4 is 11.7 Å². The molecule has 0 aliphatic heterocycles. The van der Waals surface area contributed by atoms with Crippen LogP contribution in [-0.4, -0.2) is 25.5 Å². The van der Waals surface area contributed by atoms with Crippen molar-refractivity contribution in [2.75, 3.05) is 5.32 Å². The number of nitrogens with zero attached hydrogens (tertiary/aromatic N) is 4. The predicted octanol–water partition coefficient (Wildman–Crippen LogP) is 3.04. The molecule has 0 aliphatic carbocycles. The maximum absolute atomic E-state index is 12.6. The normalized spacial score (nSPS) is 10.8. The minimum atomic E-state index is -0.167. The molecule has 1 N–H and O–H groups in total. The molecule has 0 radical (unpaired) electrons. The summed E-state index contributed by atoms with van der Waals surface area (Å²) in [5.41, 5.74) is 3.80. The van der Waals surface area contributed by atoms with Gasteiger partial charge in [-0.15, -0.1) is 0 Å². The molecule has 130 valence electrons. The number of rotatable bonds is 6. The lowest BCUT2D eigenvalue weighted by Crippen LogP contribution is -2.15. The molecule has 0 unspecified atom stereocenters. The Hall–Kier alpha value is -2.89. The van der Waals surface area contributed by atoms with E-state index in [-0.39, 0.29) is 5.91 Å². The van der Waals surface area contributed by atoms with Crippen LogP contribution in [0.4, 0.5) is 5.82 Å². The van der Waals surface area contributed by atoms with Crippen LogP contribution in [0.15, 0.2) is 42.7 Å². The molecule has 0 saturated heterocycles. The molecule has 2 aromatic heterocycles. The summed E-state index contributed by atoms with van der Waals surface area (Å²) in [7, 11) is 1.85. The summed E-state index contributed by atoms with van der Waals surface area (Å²) in [6, 6.07) is 10.0. The van der Waals surface area contributed by atoms with Gasteiger partial charge in [0.15, 0.2) is 0 Å². The molecule has 6 nitrogen and oxygen atoms in total. The van der Waals surface area contributed by atoms with Crippen molar-refractivity contribution in [3.8, 4) is 0 Å². The first-order valence-electron chi connectivity index (χ1n) is 8.54. The topological polar surface area (TPSA) is 64.7 Å². The van der Waals surface area contributed by atoms with Gasteiger partial charge in [0.25, 0.3) is 5.91 Å². The fraction of sp³-hybridized carbons (Fsp3) is 0.316. The molecular weight excluding hydrogens is 314 g/mol. The Labute approximate surface area is 147 Å². The number of hydrogen-bond acceptors (Lipinski definition) is 3. The molecule has 25 heavy (non-hydrogen) atoms. The van der Waals surface area contributed by atoms with Crippen LogP contribution < -0.4 is 5.32 Å². The van der Waals surface area contributed by atoms with Crippen LogP contribution in [0.25, 0.3) is 0 Å². The van der Waals surface area contributed by atoms with E-state index in [1.807, 2.05) is 37.4 Å². The molecule has 1 aromatic carbocycles. The number of carbonyl (C=O) groups excluding carboxylic acids is 1. The molecule has 0 aliphatic rings. The fourth-order valence-corrected chi connectivity index (χ4v) is 2.95. The van der Waals surface area contributed by atoms with Crippen LogP contribution in [0.2, 0.25) is 0 Å². The van der Waals surface area contributed by atoms with Gasteiger partial charge >= 0.3 is 0 Å². The van der Waals surface area contributed by atoms with Crippen molar-refractivity contribution in [2.24, 2.45) is 7.05 Å². The standard InChI is InChI=1S/C19H23N5O/c1-4-16-17(5-2)22-23(3)18(16)21-19(25)15-11-20-24(13-15)12-14-9-7-6-8-10-14/h6-11,13H,4-5,12H2,1-3H3,(H,21,25). The van der Waals surface area contributed by atoms with E-state index in [2.05, 4.69) is 29.4 Å². The average molecular weight is 337 g/mol. The quantitative estimate of drug-likeness (QED) is 0.752. The molecule has 2 heterocycles. The molecule has 0 spiro atoms. The maximum Gasteiger partial charge on any atom is 0.260 e. The Morgan fingerprint density at radius 2 is 1.92 bits per heavy atom. The first kappa shape index (κ1) is 17.0. The second kappa shape index (κ2) is 7.34. The highest BCUT2D eigenvalue weighted by Crippen LogP contribution is 2.21. The summed E-state index contributed by atoms with van der Waals surface area (Å²) in [6.45, 7) is 4.78. The number of nitrogens with one attached hydrogen (secondary N) is 1. The Kier molecular flexibility index (Phi) is 4.97. The largest absolute Gasteiger partial charge is 0.306 e. The van der Waals surface area contributed by atoms with Gasteiger partial charge in [0.05, 0.1) is 24.0 Å². The van der Waals surface area contributed by atoms with E-state index in [1.165, 1.54) is 0 Å². The third-order valence-electron chi connectivity index (χ3n) is 4.23. The Balaban J connectivity index is 1.75. The summed E-state index contributed by atoms with van der Waals surface area (Å²) in [4.78, 5) is 12.6. The number of aryl methyl sites for hydroxylation is 2. The van der Waals surface area contributed by atoms with Crippen LogP contribution in [0.1, 0.15) is 41.0 Å². The number of benzene rings is 1. The van der Waals surface area contributed by atoms with Crippen LogP contribution in [0.5, 0.6) is 0 Å². The molecule has 0 atom stereocenters. The van der Waals surface area contributed by atoms with Crippen molar-refractivity contribution in [2.45, 2.75) is 33.2 Å². The van der Waals surface area contributed by atoms with E-state index in [1.54, 1.807) is 21.8 Å². The summed E-state index contributed by atoms with van der Waals surface area (Å²) < 4.78 is 3.51. The van der Waals surface area contributed by atoms with E-state index in [4.69, 9.17) is 0 Å². The highest BCUT2D eigenvalue weighted by molar-refractivity contribution is 6.03. The number of amides is 1. The van der Waals surface area contributed by atoms with Crippen LogP contribution in [-0.2, 0) is 26.4 Å². The molecular formula is C19H23N5O. The Morgan fingerprint density at radius 1 is 1.16 bits per heavy atom. The zero-order chi connectivity index (χ0) is 17.8. The van der Waals surface area contributed by atoms with E-state index in [0.717, 1.165) is 35.5 Å². The molecule has 0 bridgehead atoms. The summed E-state index contributed by atoms with van der Waals surface area (Å²) >= 11 is 0. The monoisotopic (exact) mass is 337 g/mol. The molecule has 0 fully saturated rings. The van der Waals surface area contributed by atoms with Gasteiger partial charge in [0, 0.05) is 18.8 Å². The third-order valence-corrected chi connectivity index (χ3v) is 4.23. The van der Waals surface area contributed by atoms with Crippen molar-refractivity contribution < 1.29 is 4.79 Å². The zero-order valence-corrected chi connectivity index (χ0v) is 14.9. The number of aromatic nitrogens is 4. The minimum absolute atomic E-state index is 0.167. The average Bonchev–Trinajstić information content (AvgIpc) is 3.20. The van der Waals surface area contributed by atoms with Crippen molar-refractivity contribution in [3.05, 3.63) is 65.1 Å². The zero-order valence-electron chi connectivity index (χ0n) is 14.9. The van der Waals surface area contributed by atoms with E-state index >= 15 is 0 Å². The fourth-order valence-electron chi connectivity index (χ4n) is 2.95. The van der Waals surface area contributed by atoms with Gasteiger partial charge in [0.1, 0.15) is 5.82 Å². The van der Waals surface area contributed by atoms with Gasteiger partial charge < -0.3 is 5.32 Å². The number of anilines is 1. The highest BCUT2D eigenvalue weighted by atomic mass is 16.1. The summed E-state index contributed by atoms with van der Waals surface area (Å²) in [6.07, 6.45) is 5.05. The Bertz CT molecular complexity index is 863. The predicted molar refractivity (Wildman–Crippen MR) is 97.7 cm³/mol. The van der Waals surface area contributed by atoms with Gasteiger partial charge in [0.2, 0.25) is 0 Å². The highest BCUT2D eigenvalue weighted by Gasteiger charge is 2.17. The van der Waals surface area contributed by atoms with Gasteiger partial charge in [-0.3, -0.25) is 14.2 Å². The smallest absolute Gasteiger partial charge is 0.260 e. The molecule has 1 amide bonds. The van der Waals surface area contributed by atoms with Crippen LogP contribution >= 0.6 is 0 Å². The molecule has 6 heteroatoms. The van der Waals surface area contributed by atoms with E-state index < -0.39 is 0 Å². The van der Waals surface area contributed by atoms with Gasteiger partial charge in [-0.05, 0) is 18.4 Å². The van der Waals surface area contributed by atoms with Crippen molar-refractivity contribution in [1.29, 1.82) is 0 Å². The van der Waals surface area contributed by atoms with Gasteiger partial charge in [-0.2, -0.15) is 10.2 Å². The van der Waals surface area contributed by atoms with E-state index in [9.17, 15) is 4.79 Å². The van der Waals surface area contributed by atoms with E-state index in [0.29, 0.717) is 12.1 Å².